The van der Waals surface area contributed by atoms with Crippen molar-refractivity contribution in [1.29, 1.82) is 0 Å². The van der Waals surface area contributed by atoms with Gasteiger partial charge < -0.3 is 5.73 Å². The van der Waals surface area contributed by atoms with Crippen molar-refractivity contribution in [1.82, 2.24) is 0 Å². The van der Waals surface area contributed by atoms with Crippen LogP contribution in [0.1, 0.15) is 25.7 Å². The van der Waals surface area contributed by atoms with E-state index in [2.05, 4.69) is 0 Å². The van der Waals surface area contributed by atoms with Crippen LogP contribution < -0.4 is 5.73 Å². The lowest BCUT2D eigenvalue weighted by atomic mass is 9.78. The molecule has 12 heavy (non-hydrogen) atoms. The van der Waals surface area contributed by atoms with Gasteiger partial charge in [-0.2, -0.15) is 0 Å². The van der Waals surface area contributed by atoms with E-state index >= 15 is 0 Å². The monoisotopic (exact) mass is 175 g/mol. The van der Waals surface area contributed by atoms with Crippen molar-refractivity contribution in [3.05, 3.63) is 0 Å². The average molecular weight is 175 g/mol. The second-order valence-corrected chi connectivity index (χ2v) is 4.22. The quantitative estimate of drug-likeness (QED) is 0.648. The van der Waals surface area contributed by atoms with Crippen LogP contribution in [0.3, 0.4) is 0 Å². The molecule has 1 nitrogen and oxygen atoms in total. The summed E-state index contributed by atoms with van der Waals surface area (Å²) >= 11 is 0. The summed E-state index contributed by atoms with van der Waals surface area (Å²) in [6.07, 6.45) is 2.74. The highest BCUT2D eigenvalue weighted by atomic mass is 19.3. The second-order valence-electron chi connectivity index (χ2n) is 4.22. The van der Waals surface area contributed by atoms with Gasteiger partial charge in [-0.05, 0) is 38.1 Å². The van der Waals surface area contributed by atoms with E-state index in [1.54, 1.807) is 0 Å². The van der Waals surface area contributed by atoms with Crippen LogP contribution in [-0.4, -0.2) is 12.5 Å². The first-order chi connectivity index (χ1) is 5.64. The minimum atomic E-state index is -2.37. The predicted octanol–water partition coefficient (Wildman–Crippen LogP) is 2.02. The van der Waals surface area contributed by atoms with E-state index in [9.17, 15) is 8.78 Å². The molecule has 2 rings (SSSR count). The summed E-state index contributed by atoms with van der Waals surface area (Å²) in [7, 11) is 0. The van der Waals surface area contributed by atoms with Crippen molar-refractivity contribution in [2.45, 2.75) is 31.6 Å². The Morgan fingerprint density at radius 1 is 1.17 bits per heavy atom. The summed E-state index contributed by atoms with van der Waals surface area (Å²) in [5.74, 6) is -2.72. The summed E-state index contributed by atoms with van der Waals surface area (Å²) in [5, 5.41) is 0. The molecule has 0 spiro atoms. The van der Waals surface area contributed by atoms with Crippen molar-refractivity contribution in [3.63, 3.8) is 0 Å². The third kappa shape index (κ3) is 1.06. The highest BCUT2D eigenvalue weighted by Crippen LogP contribution is 2.54. The van der Waals surface area contributed by atoms with Crippen LogP contribution in [0.2, 0.25) is 0 Å². The lowest BCUT2D eigenvalue weighted by molar-refractivity contribution is -0.108. The summed E-state index contributed by atoms with van der Waals surface area (Å²) in [6, 6.07) is 0. The van der Waals surface area contributed by atoms with Gasteiger partial charge in [0.15, 0.2) is 0 Å². The normalized spacial score (nSPS) is 44.8. The van der Waals surface area contributed by atoms with Gasteiger partial charge in [0.25, 0.3) is 5.92 Å². The van der Waals surface area contributed by atoms with Gasteiger partial charge in [0.1, 0.15) is 0 Å². The van der Waals surface area contributed by atoms with Gasteiger partial charge in [-0.3, -0.25) is 0 Å². The SMILES string of the molecule is NCC1C[C@H]2CC[C@@H](C1)C2(F)F. The molecule has 2 N–H and O–H groups in total. The molecule has 2 aliphatic carbocycles. The maximum atomic E-state index is 13.3. The fourth-order valence-electron chi connectivity index (χ4n) is 2.76. The zero-order valence-electron chi connectivity index (χ0n) is 7.10. The zero-order valence-corrected chi connectivity index (χ0v) is 7.10. The molecule has 0 amide bonds. The number of rotatable bonds is 1. The third-order valence-corrected chi connectivity index (χ3v) is 3.52. The molecule has 1 unspecified atom stereocenters. The van der Waals surface area contributed by atoms with Crippen molar-refractivity contribution in [2.24, 2.45) is 23.5 Å². The molecule has 0 heterocycles. The van der Waals surface area contributed by atoms with Crippen LogP contribution in [-0.2, 0) is 0 Å². The summed E-state index contributed by atoms with van der Waals surface area (Å²) < 4.78 is 26.6. The van der Waals surface area contributed by atoms with Crippen molar-refractivity contribution in [2.75, 3.05) is 6.54 Å². The molecular formula is C9H15F2N. The molecule has 0 aromatic carbocycles. The Hall–Kier alpha value is -0.180. The molecule has 0 aromatic heterocycles. The largest absolute Gasteiger partial charge is 0.330 e. The van der Waals surface area contributed by atoms with E-state index in [0.29, 0.717) is 38.1 Å². The van der Waals surface area contributed by atoms with E-state index in [-0.39, 0.29) is 11.8 Å². The summed E-state index contributed by atoms with van der Waals surface area (Å²) in [6.45, 7) is 0.586. The minimum absolute atomic E-state index is 0.357. The van der Waals surface area contributed by atoms with Crippen LogP contribution in [0.25, 0.3) is 0 Å². The molecule has 2 aliphatic rings. The maximum Gasteiger partial charge on any atom is 0.253 e. The Kier molecular flexibility index (Phi) is 1.86. The third-order valence-electron chi connectivity index (χ3n) is 3.52. The molecule has 0 aromatic rings. The first kappa shape index (κ1) is 8.42. The first-order valence-electron chi connectivity index (χ1n) is 4.72. The van der Waals surface area contributed by atoms with Gasteiger partial charge in [0.2, 0.25) is 0 Å². The van der Waals surface area contributed by atoms with Gasteiger partial charge in [-0.25, -0.2) is 8.78 Å². The van der Waals surface area contributed by atoms with Crippen LogP contribution in [0.5, 0.6) is 0 Å². The summed E-state index contributed by atoms with van der Waals surface area (Å²) in [5.41, 5.74) is 5.50. The van der Waals surface area contributed by atoms with E-state index in [0.717, 1.165) is 0 Å². The predicted molar refractivity (Wildman–Crippen MR) is 42.9 cm³/mol. The van der Waals surface area contributed by atoms with E-state index in [4.69, 9.17) is 5.73 Å². The zero-order chi connectivity index (χ0) is 8.77. The van der Waals surface area contributed by atoms with Crippen molar-refractivity contribution >= 4 is 0 Å². The molecule has 0 radical (unpaired) electrons. The minimum Gasteiger partial charge on any atom is -0.330 e. The molecule has 3 heteroatoms. The molecule has 3 atom stereocenters. The van der Waals surface area contributed by atoms with Crippen LogP contribution in [0, 0.1) is 17.8 Å². The Balaban J connectivity index is 2.12. The van der Waals surface area contributed by atoms with Gasteiger partial charge in [0, 0.05) is 11.8 Å². The number of halogens is 2. The topological polar surface area (TPSA) is 26.0 Å². The Morgan fingerprint density at radius 2 is 1.67 bits per heavy atom. The van der Waals surface area contributed by atoms with Gasteiger partial charge >= 0.3 is 0 Å². The van der Waals surface area contributed by atoms with E-state index < -0.39 is 5.92 Å². The standard InChI is InChI=1S/C9H15F2N/c10-9(11)7-1-2-8(9)4-6(3-7)5-12/h6-8H,1-5,12H2/t6?,7-,8+. The van der Waals surface area contributed by atoms with Gasteiger partial charge in [0.05, 0.1) is 0 Å². The molecule has 2 fully saturated rings. The number of alkyl halides is 2. The van der Waals surface area contributed by atoms with Crippen molar-refractivity contribution < 1.29 is 8.78 Å². The lowest BCUT2D eigenvalue weighted by Gasteiger charge is -2.34. The fourth-order valence-corrected chi connectivity index (χ4v) is 2.76. The van der Waals surface area contributed by atoms with Gasteiger partial charge in [-0.1, -0.05) is 0 Å². The maximum absolute atomic E-state index is 13.3. The fraction of sp³-hybridized carbons (Fsp3) is 1.00. The number of hydrogen-bond donors (Lipinski definition) is 1. The Labute approximate surface area is 71.3 Å². The van der Waals surface area contributed by atoms with E-state index in [1.807, 2.05) is 0 Å². The second kappa shape index (κ2) is 2.66. The molecule has 70 valence electrons. The Morgan fingerprint density at radius 3 is 2.08 bits per heavy atom. The number of hydrogen-bond acceptors (Lipinski definition) is 1. The number of nitrogens with two attached hydrogens (primary N) is 1. The lowest BCUT2D eigenvalue weighted by Crippen LogP contribution is -2.38. The molecule has 0 aliphatic heterocycles. The van der Waals surface area contributed by atoms with Crippen LogP contribution in [0.4, 0.5) is 8.78 Å². The van der Waals surface area contributed by atoms with Gasteiger partial charge in [-0.15, -0.1) is 0 Å². The van der Waals surface area contributed by atoms with Crippen molar-refractivity contribution in [3.8, 4) is 0 Å². The summed E-state index contributed by atoms with van der Waals surface area (Å²) in [4.78, 5) is 0. The van der Waals surface area contributed by atoms with Crippen LogP contribution in [0.15, 0.2) is 0 Å². The first-order valence-corrected chi connectivity index (χ1v) is 4.72. The highest BCUT2D eigenvalue weighted by molar-refractivity contribution is 4.97. The molecule has 2 bridgehead atoms. The molecule has 0 saturated heterocycles. The van der Waals surface area contributed by atoms with E-state index in [1.165, 1.54) is 0 Å². The molecule has 2 saturated carbocycles. The van der Waals surface area contributed by atoms with Crippen LogP contribution >= 0.6 is 0 Å². The Bertz CT molecular complexity index is 165. The average Bonchev–Trinajstić information content (AvgIpc) is 2.29. The highest BCUT2D eigenvalue weighted by Gasteiger charge is 2.55. The number of fused-ring (bicyclic) bond motifs is 2. The smallest absolute Gasteiger partial charge is 0.253 e. The molecular weight excluding hydrogens is 160 g/mol.